The molecule has 4 heteroatoms. The van der Waals surface area contributed by atoms with Gasteiger partial charge in [0.05, 0.1) is 0 Å². The van der Waals surface area contributed by atoms with Crippen molar-refractivity contribution in [3.63, 3.8) is 0 Å². The second kappa shape index (κ2) is 6.33. The van der Waals surface area contributed by atoms with E-state index in [-0.39, 0.29) is 11.8 Å². The first-order valence-electron chi connectivity index (χ1n) is 8.31. The van der Waals surface area contributed by atoms with Crippen LogP contribution in [0.15, 0.2) is 54.7 Å². The summed E-state index contributed by atoms with van der Waals surface area (Å²) >= 11 is 6.19. The summed E-state index contributed by atoms with van der Waals surface area (Å²) in [7, 11) is 0. The average molecular weight is 339 g/mol. The van der Waals surface area contributed by atoms with Crippen molar-refractivity contribution in [3.8, 4) is 0 Å². The van der Waals surface area contributed by atoms with E-state index in [1.54, 1.807) is 0 Å². The maximum atomic E-state index is 12.4. The van der Waals surface area contributed by atoms with Gasteiger partial charge in [-0.15, -0.1) is 0 Å². The van der Waals surface area contributed by atoms with Gasteiger partial charge < -0.3 is 10.3 Å². The van der Waals surface area contributed by atoms with Gasteiger partial charge in [0.2, 0.25) is 5.91 Å². The van der Waals surface area contributed by atoms with Crippen LogP contribution >= 0.6 is 11.6 Å². The minimum Gasteiger partial charge on any atom is -0.361 e. The summed E-state index contributed by atoms with van der Waals surface area (Å²) in [4.78, 5) is 15.8. The van der Waals surface area contributed by atoms with Gasteiger partial charge in [-0.05, 0) is 42.2 Å². The molecule has 1 amide bonds. The molecule has 3 aromatic rings. The van der Waals surface area contributed by atoms with Crippen molar-refractivity contribution in [3.05, 3.63) is 70.9 Å². The third-order valence-corrected chi connectivity index (χ3v) is 4.81. The van der Waals surface area contributed by atoms with E-state index in [0.717, 1.165) is 34.9 Å². The predicted octanol–water partition coefficient (Wildman–Crippen LogP) is 4.62. The fourth-order valence-electron chi connectivity index (χ4n) is 3.21. The maximum absolute atomic E-state index is 12.4. The molecule has 1 aromatic heterocycles. The summed E-state index contributed by atoms with van der Waals surface area (Å²) in [6.07, 6.45) is 4.64. The Kier molecular flexibility index (Phi) is 4.03. The van der Waals surface area contributed by atoms with Crippen molar-refractivity contribution < 1.29 is 4.79 Å². The number of benzene rings is 2. The summed E-state index contributed by atoms with van der Waals surface area (Å²) in [6, 6.07) is 16.4. The molecule has 1 fully saturated rings. The zero-order valence-corrected chi connectivity index (χ0v) is 14.0. The Morgan fingerprint density at radius 1 is 1.21 bits per heavy atom. The molecule has 4 rings (SSSR count). The van der Waals surface area contributed by atoms with Gasteiger partial charge in [-0.2, -0.15) is 0 Å². The highest BCUT2D eigenvalue weighted by atomic mass is 35.5. The molecule has 122 valence electrons. The molecule has 1 atom stereocenters. The largest absolute Gasteiger partial charge is 0.361 e. The highest BCUT2D eigenvalue weighted by Crippen LogP contribution is 2.34. The molecule has 1 aliphatic rings. The lowest BCUT2D eigenvalue weighted by atomic mass is 9.88. The van der Waals surface area contributed by atoms with Crippen LogP contribution in [0, 0.1) is 0 Å². The fourth-order valence-corrected chi connectivity index (χ4v) is 3.41. The van der Waals surface area contributed by atoms with Crippen LogP contribution in [0.25, 0.3) is 10.9 Å². The molecule has 1 saturated carbocycles. The number of carbonyl (C=O) groups excluding carboxylic acids is 1. The molecular weight excluding hydrogens is 320 g/mol. The van der Waals surface area contributed by atoms with E-state index in [1.807, 2.05) is 42.6 Å². The summed E-state index contributed by atoms with van der Waals surface area (Å²) < 4.78 is 0. The van der Waals surface area contributed by atoms with Crippen LogP contribution < -0.4 is 5.32 Å². The lowest BCUT2D eigenvalue weighted by Crippen LogP contribution is -2.27. The van der Waals surface area contributed by atoms with Gasteiger partial charge in [0, 0.05) is 40.5 Å². The van der Waals surface area contributed by atoms with Crippen molar-refractivity contribution in [2.45, 2.75) is 31.2 Å². The molecule has 0 spiro atoms. The van der Waals surface area contributed by atoms with Crippen molar-refractivity contribution in [2.75, 3.05) is 0 Å². The number of rotatable bonds is 5. The molecule has 1 aliphatic carbocycles. The van der Waals surface area contributed by atoms with Crippen LogP contribution in [-0.4, -0.2) is 16.9 Å². The number of amides is 1. The van der Waals surface area contributed by atoms with E-state index in [9.17, 15) is 4.79 Å². The Balaban J connectivity index is 1.72. The van der Waals surface area contributed by atoms with Crippen LogP contribution in [0.1, 0.15) is 36.3 Å². The Morgan fingerprint density at radius 3 is 2.83 bits per heavy atom. The minimum absolute atomic E-state index is 0.0152. The monoisotopic (exact) mass is 338 g/mol. The molecule has 2 aromatic carbocycles. The summed E-state index contributed by atoms with van der Waals surface area (Å²) in [6.45, 7) is 0. The second-order valence-corrected chi connectivity index (χ2v) is 6.88. The number of nitrogens with one attached hydrogen (secondary N) is 2. The summed E-state index contributed by atoms with van der Waals surface area (Å²) in [5.41, 5.74) is 3.29. The van der Waals surface area contributed by atoms with Crippen LogP contribution in [-0.2, 0) is 4.79 Å². The van der Waals surface area contributed by atoms with E-state index in [0.29, 0.717) is 17.5 Å². The maximum Gasteiger partial charge on any atom is 0.221 e. The molecule has 24 heavy (non-hydrogen) atoms. The van der Waals surface area contributed by atoms with Crippen LogP contribution in [0.5, 0.6) is 0 Å². The SMILES string of the molecule is O=C(CC(c1cccc(Cl)c1)c1c[nH]c2ccccc12)NC1CC1. The van der Waals surface area contributed by atoms with Gasteiger partial charge in [0.25, 0.3) is 0 Å². The zero-order chi connectivity index (χ0) is 16.5. The second-order valence-electron chi connectivity index (χ2n) is 6.44. The number of halogens is 1. The van der Waals surface area contributed by atoms with Gasteiger partial charge in [-0.3, -0.25) is 4.79 Å². The molecule has 0 aliphatic heterocycles. The van der Waals surface area contributed by atoms with Crippen molar-refractivity contribution in [1.29, 1.82) is 0 Å². The number of carbonyl (C=O) groups is 1. The zero-order valence-electron chi connectivity index (χ0n) is 13.3. The van der Waals surface area contributed by atoms with Gasteiger partial charge in [0.15, 0.2) is 0 Å². The topological polar surface area (TPSA) is 44.9 Å². The van der Waals surface area contributed by atoms with Crippen molar-refractivity contribution >= 4 is 28.4 Å². The van der Waals surface area contributed by atoms with Gasteiger partial charge in [0.1, 0.15) is 0 Å². The first-order valence-corrected chi connectivity index (χ1v) is 8.69. The number of fused-ring (bicyclic) bond motifs is 1. The quantitative estimate of drug-likeness (QED) is 0.700. The number of aromatic nitrogens is 1. The number of hydrogen-bond donors (Lipinski definition) is 2. The minimum atomic E-state index is -0.0152. The highest BCUT2D eigenvalue weighted by molar-refractivity contribution is 6.30. The first kappa shape index (κ1) is 15.3. The standard InChI is InChI=1S/C20H19ClN2O/c21-14-5-3-4-13(10-14)17(11-20(24)23-15-8-9-15)18-12-22-19-7-2-1-6-16(18)19/h1-7,10,12,15,17,22H,8-9,11H2,(H,23,24). The molecule has 0 bridgehead atoms. The Hall–Kier alpha value is -2.26. The van der Waals surface area contributed by atoms with Gasteiger partial charge >= 0.3 is 0 Å². The summed E-state index contributed by atoms with van der Waals surface area (Å²) in [5, 5.41) is 4.95. The van der Waals surface area contributed by atoms with E-state index in [1.165, 1.54) is 0 Å². The first-order chi connectivity index (χ1) is 11.7. The molecule has 2 N–H and O–H groups in total. The Labute approximate surface area is 146 Å². The van der Waals surface area contributed by atoms with E-state index in [2.05, 4.69) is 22.4 Å². The van der Waals surface area contributed by atoms with Crippen LogP contribution in [0.3, 0.4) is 0 Å². The number of para-hydroxylation sites is 1. The third kappa shape index (κ3) is 3.17. The summed E-state index contributed by atoms with van der Waals surface area (Å²) in [5.74, 6) is 0.0892. The molecule has 3 nitrogen and oxygen atoms in total. The molecule has 1 unspecified atom stereocenters. The predicted molar refractivity (Wildman–Crippen MR) is 97.4 cm³/mol. The molecular formula is C20H19ClN2O. The number of H-pyrrole nitrogens is 1. The Bertz CT molecular complexity index is 882. The lowest BCUT2D eigenvalue weighted by molar-refractivity contribution is -0.121. The lowest BCUT2D eigenvalue weighted by Gasteiger charge is -2.17. The number of aromatic amines is 1. The van der Waals surface area contributed by atoms with Gasteiger partial charge in [-0.1, -0.05) is 41.9 Å². The third-order valence-electron chi connectivity index (χ3n) is 4.58. The van der Waals surface area contributed by atoms with Crippen LogP contribution in [0.4, 0.5) is 0 Å². The van der Waals surface area contributed by atoms with Crippen molar-refractivity contribution in [2.24, 2.45) is 0 Å². The van der Waals surface area contributed by atoms with Gasteiger partial charge in [-0.25, -0.2) is 0 Å². The average Bonchev–Trinajstić information content (AvgIpc) is 3.29. The Morgan fingerprint density at radius 2 is 2.04 bits per heavy atom. The van der Waals surface area contributed by atoms with Crippen molar-refractivity contribution in [1.82, 2.24) is 10.3 Å². The molecule has 0 radical (unpaired) electrons. The van der Waals surface area contributed by atoms with E-state index in [4.69, 9.17) is 11.6 Å². The van der Waals surface area contributed by atoms with E-state index >= 15 is 0 Å². The normalized spacial score (nSPS) is 15.4. The molecule has 0 saturated heterocycles. The highest BCUT2D eigenvalue weighted by Gasteiger charge is 2.26. The van der Waals surface area contributed by atoms with E-state index < -0.39 is 0 Å². The molecule has 1 heterocycles. The smallest absolute Gasteiger partial charge is 0.221 e. The number of hydrogen-bond acceptors (Lipinski definition) is 1. The fraction of sp³-hybridized carbons (Fsp3) is 0.250. The van der Waals surface area contributed by atoms with Crippen LogP contribution in [0.2, 0.25) is 5.02 Å².